The molecule has 2 aromatic carbocycles. The van der Waals surface area contributed by atoms with E-state index in [1.165, 1.54) is 24.3 Å². The van der Waals surface area contributed by atoms with E-state index in [-0.39, 0.29) is 42.1 Å². The summed E-state index contributed by atoms with van der Waals surface area (Å²) >= 11 is 0. The number of halogens is 1. The molecule has 1 saturated carbocycles. The van der Waals surface area contributed by atoms with E-state index in [1.807, 2.05) is 29.2 Å². The lowest BCUT2D eigenvalue weighted by Crippen LogP contribution is -2.73. The number of piperidine rings is 1. The predicted octanol–water partition coefficient (Wildman–Crippen LogP) is 4.61. The Kier molecular flexibility index (Phi) is 11.3. The molecule has 0 unspecified atom stereocenters. The molecule has 1 atom stereocenters. The highest BCUT2D eigenvalue weighted by Crippen LogP contribution is 2.37. The van der Waals surface area contributed by atoms with Crippen molar-refractivity contribution >= 4 is 41.8 Å². The van der Waals surface area contributed by atoms with Crippen molar-refractivity contribution in [1.82, 2.24) is 15.1 Å². The van der Waals surface area contributed by atoms with E-state index in [1.54, 1.807) is 0 Å². The molecular weight excluding hydrogens is 596 g/mol. The van der Waals surface area contributed by atoms with Crippen molar-refractivity contribution in [1.29, 1.82) is 0 Å². The third-order valence-electron chi connectivity index (χ3n) is 9.61. The van der Waals surface area contributed by atoms with Crippen LogP contribution < -0.4 is 10.6 Å². The molecule has 1 spiro atoms. The van der Waals surface area contributed by atoms with Crippen LogP contribution in [-0.2, 0) is 16.1 Å². The zero-order valence-corrected chi connectivity index (χ0v) is 26.7. The Bertz CT molecular complexity index is 1350. The predicted molar refractivity (Wildman–Crippen MR) is 173 cm³/mol. The number of nitrogens with zero attached hydrogens (tertiary/aromatic N) is 2. The van der Waals surface area contributed by atoms with Crippen LogP contribution >= 0.6 is 12.4 Å². The van der Waals surface area contributed by atoms with Crippen molar-refractivity contribution in [2.45, 2.75) is 94.9 Å². The van der Waals surface area contributed by atoms with E-state index in [2.05, 4.69) is 22.5 Å². The van der Waals surface area contributed by atoms with E-state index >= 15 is 0 Å². The molecule has 2 saturated heterocycles. The first-order valence-electron chi connectivity index (χ1n) is 15.9. The summed E-state index contributed by atoms with van der Waals surface area (Å²) in [6.07, 6.45) is 7.51. The molecule has 10 nitrogen and oxygen atoms in total. The molecule has 2 aromatic rings. The minimum absolute atomic E-state index is 0. The molecule has 2 aliphatic heterocycles. The number of piperazine rings is 1. The summed E-state index contributed by atoms with van der Waals surface area (Å²) < 4.78 is 0. The Morgan fingerprint density at radius 3 is 2.16 bits per heavy atom. The Hall–Kier alpha value is -3.47. The maximum atomic E-state index is 13.8. The van der Waals surface area contributed by atoms with Crippen LogP contribution in [-0.4, -0.2) is 80.5 Å². The van der Waals surface area contributed by atoms with Gasteiger partial charge in [-0.1, -0.05) is 44.7 Å². The largest absolute Gasteiger partial charge is 0.478 e. The minimum atomic E-state index is -1.04. The topological polar surface area (TPSA) is 139 Å². The SMILES string of the molecule is CCCCN1C(=O)[C@@H](CC2(O)CCCCC2)NC(=O)C12CCN(Cc1ccc(NC(=O)c3ccc(C(=O)O)cc3)cc1)CC2.Cl. The number of hydrogen-bond acceptors (Lipinski definition) is 6. The number of anilines is 1. The highest BCUT2D eigenvalue weighted by molar-refractivity contribution is 6.04. The molecule has 3 aliphatic rings. The molecule has 3 fully saturated rings. The lowest BCUT2D eigenvalue weighted by Gasteiger charge is -2.52. The molecule has 244 valence electrons. The maximum absolute atomic E-state index is 13.8. The third-order valence-corrected chi connectivity index (χ3v) is 9.61. The number of amides is 3. The smallest absolute Gasteiger partial charge is 0.335 e. The van der Waals surface area contributed by atoms with Crippen LogP contribution in [0.1, 0.15) is 97.4 Å². The molecule has 45 heavy (non-hydrogen) atoms. The fraction of sp³-hybridized carbons (Fsp3) is 0.529. The van der Waals surface area contributed by atoms with Gasteiger partial charge in [-0.25, -0.2) is 4.79 Å². The fourth-order valence-corrected chi connectivity index (χ4v) is 6.95. The number of nitrogens with one attached hydrogen (secondary N) is 2. The van der Waals surface area contributed by atoms with Gasteiger partial charge in [-0.15, -0.1) is 12.4 Å². The van der Waals surface area contributed by atoms with E-state index < -0.39 is 23.2 Å². The Morgan fingerprint density at radius 2 is 1.56 bits per heavy atom. The summed E-state index contributed by atoms with van der Waals surface area (Å²) in [6, 6.07) is 12.7. The van der Waals surface area contributed by atoms with Gasteiger partial charge in [0.05, 0.1) is 11.2 Å². The van der Waals surface area contributed by atoms with Crippen molar-refractivity contribution in [2.24, 2.45) is 0 Å². The first-order valence-corrected chi connectivity index (χ1v) is 15.9. The lowest BCUT2D eigenvalue weighted by molar-refractivity contribution is -0.163. The molecule has 3 amide bonds. The average Bonchev–Trinajstić information content (AvgIpc) is 3.02. The summed E-state index contributed by atoms with van der Waals surface area (Å²) in [7, 11) is 0. The van der Waals surface area contributed by atoms with Gasteiger partial charge in [0.2, 0.25) is 11.8 Å². The number of rotatable bonds is 10. The zero-order chi connectivity index (χ0) is 31.3. The molecular formula is C34H45ClN4O6. The van der Waals surface area contributed by atoms with Crippen LogP contribution in [0.4, 0.5) is 5.69 Å². The van der Waals surface area contributed by atoms with Crippen molar-refractivity contribution in [3.8, 4) is 0 Å². The number of carbonyl (C=O) groups excluding carboxylic acids is 3. The number of likely N-dealkylation sites (tertiary alicyclic amines) is 1. The quantitative estimate of drug-likeness (QED) is 0.298. The van der Waals surface area contributed by atoms with E-state index in [4.69, 9.17) is 5.11 Å². The third kappa shape index (κ3) is 7.85. The number of hydrogen-bond donors (Lipinski definition) is 4. The first kappa shape index (κ1) is 34.4. The summed E-state index contributed by atoms with van der Waals surface area (Å²) in [6.45, 7) is 4.66. The van der Waals surface area contributed by atoms with E-state index in [0.717, 1.165) is 37.7 Å². The van der Waals surface area contributed by atoms with Crippen LogP contribution in [0.5, 0.6) is 0 Å². The average molecular weight is 641 g/mol. The van der Waals surface area contributed by atoms with Gasteiger partial charge in [0.25, 0.3) is 5.91 Å². The Balaban J connectivity index is 0.00000461. The molecule has 5 rings (SSSR count). The number of carboxylic acid groups (broad SMARTS) is 1. The number of carbonyl (C=O) groups is 4. The van der Waals surface area contributed by atoms with Gasteiger partial charge in [0.15, 0.2) is 0 Å². The number of aliphatic hydroxyl groups is 1. The van der Waals surface area contributed by atoms with Crippen molar-refractivity contribution in [3.63, 3.8) is 0 Å². The number of unbranched alkanes of at least 4 members (excludes halogenated alkanes) is 1. The number of aromatic carboxylic acids is 1. The second kappa shape index (κ2) is 14.7. The van der Waals surface area contributed by atoms with Crippen molar-refractivity contribution in [3.05, 3.63) is 65.2 Å². The normalized spacial score (nSPS) is 21.1. The fourth-order valence-electron chi connectivity index (χ4n) is 6.95. The van der Waals surface area contributed by atoms with Crippen LogP contribution in [0, 0.1) is 0 Å². The molecule has 2 heterocycles. The standard InChI is InChI=1S/C34H44N4O6.ClH/c1-2-3-19-38-30(40)28(22-33(44)15-5-4-6-16-33)36-32(43)34(38)17-20-37(21-18-34)23-24-7-13-27(14-8-24)35-29(39)25-9-11-26(12-10-25)31(41)42;/h7-14,28,44H,2-6,15-23H2,1H3,(H,35,39)(H,36,43)(H,41,42);1H/t28-;/m1./s1. The summed E-state index contributed by atoms with van der Waals surface area (Å²) in [4.78, 5) is 55.3. The molecule has 1 aliphatic carbocycles. The molecule has 11 heteroatoms. The summed E-state index contributed by atoms with van der Waals surface area (Å²) in [5.41, 5.74) is 0.452. The van der Waals surface area contributed by atoms with Crippen LogP contribution in [0.15, 0.2) is 48.5 Å². The second-order valence-corrected chi connectivity index (χ2v) is 12.7. The van der Waals surface area contributed by atoms with Crippen LogP contribution in [0.25, 0.3) is 0 Å². The van der Waals surface area contributed by atoms with E-state index in [9.17, 15) is 24.3 Å². The van der Waals surface area contributed by atoms with Crippen LogP contribution in [0.3, 0.4) is 0 Å². The van der Waals surface area contributed by atoms with Gasteiger partial charge in [-0.05, 0) is 74.1 Å². The minimum Gasteiger partial charge on any atom is -0.478 e. The van der Waals surface area contributed by atoms with Crippen LogP contribution in [0.2, 0.25) is 0 Å². The van der Waals surface area contributed by atoms with Gasteiger partial charge < -0.3 is 25.7 Å². The molecule has 0 bridgehead atoms. The summed E-state index contributed by atoms with van der Waals surface area (Å²) in [5.74, 6) is -1.50. The Labute approximate surface area is 271 Å². The van der Waals surface area contributed by atoms with Gasteiger partial charge in [0, 0.05) is 43.9 Å². The van der Waals surface area contributed by atoms with Crippen molar-refractivity contribution in [2.75, 3.05) is 25.0 Å². The van der Waals surface area contributed by atoms with Gasteiger partial charge in [0.1, 0.15) is 11.6 Å². The van der Waals surface area contributed by atoms with Gasteiger partial charge in [-0.3, -0.25) is 19.3 Å². The molecule has 4 N–H and O–H groups in total. The van der Waals surface area contributed by atoms with Gasteiger partial charge >= 0.3 is 5.97 Å². The Morgan fingerprint density at radius 1 is 0.933 bits per heavy atom. The first-order chi connectivity index (χ1) is 21.1. The zero-order valence-electron chi connectivity index (χ0n) is 25.9. The number of carboxylic acids is 1. The lowest BCUT2D eigenvalue weighted by atomic mass is 9.77. The highest BCUT2D eigenvalue weighted by atomic mass is 35.5. The second-order valence-electron chi connectivity index (χ2n) is 12.7. The molecule has 0 aromatic heterocycles. The highest BCUT2D eigenvalue weighted by Gasteiger charge is 2.54. The van der Waals surface area contributed by atoms with Gasteiger partial charge in [-0.2, -0.15) is 0 Å². The maximum Gasteiger partial charge on any atom is 0.335 e. The monoisotopic (exact) mass is 640 g/mol. The van der Waals surface area contributed by atoms with Crippen molar-refractivity contribution < 1.29 is 29.4 Å². The number of benzene rings is 2. The van der Waals surface area contributed by atoms with E-state index in [0.29, 0.717) is 63.1 Å². The molecule has 0 radical (unpaired) electrons. The summed E-state index contributed by atoms with van der Waals surface area (Å²) in [5, 5.41) is 26.1.